The minimum absolute atomic E-state index is 0.00403. The van der Waals surface area contributed by atoms with Crippen molar-refractivity contribution in [2.24, 2.45) is 0 Å². The first-order chi connectivity index (χ1) is 5.18. The van der Waals surface area contributed by atoms with E-state index in [9.17, 15) is 4.79 Å². The van der Waals surface area contributed by atoms with Gasteiger partial charge >= 0.3 is 0 Å². The smallest absolute Gasteiger partial charge is 0.225 e. The van der Waals surface area contributed by atoms with Gasteiger partial charge in [-0.3, -0.25) is 4.79 Å². The molecular weight excluding hydrogens is 142 g/mol. The van der Waals surface area contributed by atoms with E-state index in [4.69, 9.17) is 12.0 Å². The number of hydrogen-bond acceptors (Lipinski definition) is 2. The van der Waals surface area contributed by atoms with Crippen LogP contribution in [0.3, 0.4) is 0 Å². The van der Waals surface area contributed by atoms with Gasteiger partial charge in [-0.05, 0) is 12.8 Å². The van der Waals surface area contributed by atoms with Gasteiger partial charge in [0.25, 0.3) is 0 Å². The van der Waals surface area contributed by atoms with Crippen LogP contribution in [0.25, 0.3) is 0 Å². The second-order valence-corrected chi connectivity index (χ2v) is 3.13. The summed E-state index contributed by atoms with van der Waals surface area (Å²) in [5.41, 5.74) is -0.411. The zero-order valence-corrected chi connectivity index (χ0v) is 6.47. The third-order valence-corrected chi connectivity index (χ3v) is 2.25. The number of rotatable bonds is 2. The van der Waals surface area contributed by atoms with E-state index in [0.717, 1.165) is 25.7 Å². The molecule has 0 unspecified atom stereocenters. The summed E-state index contributed by atoms with van der Waals surface area (Å²) in [4.78, 5) is 10.5. The molecule has 1 amide bonds. The van der Waals surface area contributed by atoms with Crippen LogP contribution in [-0.4, -0.2) is 23.2 Å². The molecule has 0 saturated heterocycles. The maximum Gasteiger partial charge on any atom is 0.225 e. The maximum absolute atomic E-state index is 10.5. The summed E-state index contributed by atoms with van der Waals surface area (Å²) in [6.07, 6.45) is 3.79. The van der Waals surface area contributed by atoms with Gasteiger partial charge in [0.15, 0.2) is 0 Å². The molecular formula is C8H13NO2. The van der Waals surface area contributed by atoms with E-state index in [1.54, 1.807) is 0 Å². The predicted molar refractivity (Wildman–Crippen MR) is 40.7 cm³/mol. The van der Waals surface area contributed by atoms with Crippen LogP contribution >= 0.6 is 0 Å². The zero-order valence-electron chi connectivity index (χ0n) is 6.47. The van der Waals surface area contributed by atoms with Gasteiger partial charge in [0.05, 0.1) is 19.1 Å². The fraction of sp³-hybridized carbons (Fsp3) is 0.750. The molecule has 0 aromatic carbocycles. The van der Waals surface area contributed by atoms with E-state index in [0.29, 0.717) is 0 Å². The van der Waals surface area contributed by atoms with Crippen LogP contribution in [0.15, 0.2) is 0 Å². The van der Waals surface area contributed by atoms with E-state index in [1.165, 1.54) is 0 Å². The van der Waals surface area contributed by atoms with Gasteiger partial charge < -0.3 is 10.4 Å². The number of aliphatic hydroxyl groups is 1. The summed E-state index contributed by atoms with van der Waals surface area (Å²) in [7, 11) is 0. The van der Waals surface area contributed by atoms with Gasteiger partial charge in [0.2, 0.25) is 5.91 Å². The lowest BCUT2D eigenvalue weighted by Gasteiger charge is -2.26. The van der Waals surface area contributed by atoms with Gasteiger partial charge in [-0.25, -0.2) is 0 Å². The molecule has 2 N–H and O–H groups in total. The van der Waals surface area contributed by atoms with Crippen molar-refractivity contribution in [2.45, 2.75) is 31.2 Å². The molecule has 3 heteroatoms. The van der Waals surface area contributed by atoms with Gasteiger partial charge in [-0.1, -0.05) is 12.8 Å². The lowest BCUT2D eigenvalue weighted by molar-refractivity contribution is -0.119. The maximum atomic E-state index is 10.5. The molecule has 62 valence electrons. The van der Waals surface area contributed by atoms with Crippen molar-refractivity contribution in [3.63, 3.8) is 0 Å². The Kier molecular flexibility index (Phi) is 2.49. The molecule has 11 heavy (non-hydrogen) atoms. The van der Waals surface area contributed by atoms with E-state index >= 15 is 0 Å². The summed E-state index contributed by atoms with van der Waals surface area (Å²) < 4.78 is 0. The molecule has 0 spiro atoms. The zero-order chi connectivity index (χ0) is 8.32. The molecule has 0 heterocycles. The first kappa shape index (κ1) is 8.53. The molecule has 0 bridgehead atoms. The highest BCUT2D eigenvalue weighted by Crippen LogP contribution is 2.28. The van der Waals surface area contributed by atoms with Crippen LogP contribution < -0.4 is 5.32 Å². The summed E-state index contributed by atoms with van der Waals surface area (Å²) in [5, 5.41) is 11.6. The highest BCUT2D eigenvalue weighted by molar-refractivity contribution is 5.80. The number of amides is 1. The fourth-order valence-corrected chi connectivity index (χ4v) is 1.64. The number of aliphatic hydroxyl groups excluding tert-OH is 1. The molecule has 2 radical (unpaired) electrons. The van der Waals surface area contributed by atoms with Crippen LogP contribution in [0.1, 0.15) is 25.7 Å². The Morgan fingerprint density at radius 2 is 2.09 bits per heavy atom. The number of nitrogens with one attached hydrogen (secondary N) is 1. The Balaban J connectivity index is 2.52. The number of hydrogen-bond donors (Lipinski definition) is 2. The quantitative estimate of drug-likeness (QED) is 0.595. The van der Waals surface area contributed by atoms with Crippen molar-refractivity contribution < 1.29 is 9.90 Å². The largest absolute Gasteiger partial charge is 0.394 e. The summed E-state index contributed by atoms with van der Waals surface area (Å²) >= 11 is 0. The van der Waals surface area contributed by atoms with Crippen molar-refractivity contribution in [3.05, 3.63) is 6.92 Å². The van der Waals surface area contributed by atoms with Gasteiger partial charge in [-0.15, -0.1) is 0 Å². The van der Waals surface area contributed by atoms with Crippen molar-refractivity contribution in [2.75, 3.05) is 6.61 Å². The van der Waals surface area contributed by atoms with E-state index in [-0.39, 0.29) is 6.61 Å². The van der Waals surface area contributed by atoms with Crippen molar-refractivity contribution in [3.8, 4) is 0 Å². The Morgan fingerprint density at radius 1 is 1.55 bits per heavy atom. The third-order valence-electron chi connectivity index (χ3n) is 2.25. The average Bonchev–Trinajstić information content (AvgIpc) is 2.36. The molecule has 3 nitrogen and oxygen atoms in total. The average molecular weight is 155 g/mol. The fourth-order valence-electron chi connectivity index (χ4n) is 1.64. The second-order valence-electron chi connectivity index (χ2n) is 3.13. The topological polar surface area (TPSA) is 49.3 Å². The van der Waals surface area contributed by atoms with E-state index in [2.05, 4.69) is 5.32 Å². The van der Waals surface area contributed by atoms with Crippen LogP contribution in [-0.2, 0) is 4.79 Å². The SMILES string of the molecule is [CH]C(=O)NC1(CO)CCCC1. The Labute approximate surface area is 66.8 Å². The molecule has 1 rings (SSSR count). The third kappa shape index (κ3) is 1.93. The lowest BCUT2D eigenvalue weighted by atomic mass is 9.99. The van der Waals surface area contributed by atoms with E-state index in [1.807, 2.05) is 0 Å². The van der Waals surface area contributed by atoms with Crippen LogP contribution in [0.5, 0.6) is 0 Å². The summed E-state index contributed by atoms with van der Waals surface area (Å²) in [6, 6.07) is 0. The van der Waals surface area contributed by atoms with E-state index < -0.39 is 11.4 Å². The van der Waals surface area contributed by atoms with Gasteiger partial charge in [0, 0.05) is 0 Å². The number of carbonyl (C=O) groups excluding carboxylic acids is 1. The highest BCUT2D eigenvalue weighted by atomic mass is 16.3. The first-order valence-electron chi connectivity index (χ1n) is 3.87. The normalized spacial score (nSPS) is 21.6. The van der Waals surface area contributed by atoms with Gasteiger partial charge in [0.1, 0.15) is 0 Å². The predicted octanol–water partition coefficient (Wildman–Crippen LogP) is 0.119. The van der Waals surface area contributed by atoms with Crippen LogP contribution in [0.4, 0.5) is 0 Å². The second kappa shape index (κ2) is 3.22. The molecule has 1 fully saturated rings. The Morgan fingerprint density at radius 3 is 2.45 bits per heavy atom. The highest BCUT2D eigenvalue weighted by Gasteiger charge is 2.33. The number of carbonyl (C=O) groups is 1. The molecule has 1 saturated carbocycles. The molecule has 0 atom stereocenters. The molecule has 0 aromatic rings. The minimum atomic E-state index is -0.541. The van der Waals surface area contributed by atoms with Crippen LogP contribution in [0.2, 0.25) is 0 Å². The monoisotopic (exact) mass is 155 g/mol. The van der Waals surface area contributed by atoms with Crippen molar-refractivity contribution in [1.82, 2.24) is 5.32 Å². The Hall–Kier alpha value is -0.570. The molecule has 0 aromatic heterocycles. The molecule has 1 aliphatic rings. The van der Waals surface area contributed by atoms with Crippen molar-refractivity contribution >= 4 is 5.91 Å². The molecule has 0 aliphatic heterocycles. The Bertz CT molecular complexity index is 150. The first-order valence-corrected chi connectivity index (χ1v) is 3.87. The molecule has 1 aliphatic carbocycles. The lowest BCUT2D eigenvalue weighted by Crippen LogP contribution is -2.48. The minimum Gasteiger partial charge on any atom is -0.394 e. The summed E-state index contributed by atoms with van der Waals surface area (Å²) in [5.74, 6) is -0.541. The summed E-state index contributed by atoms with van der Waals surface area (Å²) in [6.45, 7) is 4.97. The van der Waals surface area contributed by atoms with Crippen molar-refractivity contribution in [1.29, 1.82) is 0 Å². The van der Waals surface area contributed by atoms with Crippen LogP contribution in [0, 0.1) is 6.92 Å². The standard InChI is InChI=1S/C8H13NO2/c1-7(11)9-8(6-10)4-2-3-5-8/h1,10H,2-6H2,(H,9,11). The van der Waals surface area contributed by atoms with Gasteiger partial charge in [-0.2, -0.15) is 0 Å².